The topological polar surface area (TPSA) is 224 Å². The monoisotopic (exact) mass is 547 g/mol. The number of carbonyl (C=O) groups excluding carboxylic acids is 3. The van der Waals surface area contributed by atoms with Gasteiger partial charge in [-0.3, -0.25) is 19.2 Å². The Hall–Kier alpha value is -3.97. The van der Waals surface area contributed by atoms with E-state index < -0.39 is 59.9 Å². The molecule has 1 heterocycles. The van der Waals surface area contributed by atoms with Gasteiger partial charge in [0.15, 0.2) is 6.04 Å². The lowest BCUT2D eigenvalue weighted by molar-refractivity contribution is -0.145. The van der Waals surface area contributed by atoms with Gasteiger partial charge in [-0.15, -0.1) is 0 Å². The van der Waals surface area contributed by atoms with Crippen LogP contribution in [0.4, 0.5) is 0 Å². The number of carbonyl (C=O) groups is 5. The van der Waals surface area contributed by atoms with Crippen molar-refractivity contribution in [3.8, 4) is 0 Å². The fraction of sp³-hybridized carbons (Fsp3) is 0.500. The van der Waals surface area contributed by atoms with Gasteiger partial charge in [-0.1, -0.05) is 32.0 Å². The van der Waals surface area contributed by atoms with Crippen LogP contribution in [0.15, 0.2) is 30.5 Å². The summed E-state index contributed by atoms with van der Waals surface area (Å²) in [5.74, 6) is -4.90. The largest absolute Gasteiger partial charge is 0.481 e. The van der Waals surface area contributed by atoms with Crippen LogP contribution in [0.2, 0.25) is 0 Å². The number of aliphatic hydroxyl groups excluding tert-OH is 1. The average Bonchev–Trinajstić information content (AvgIpc) is 3.26. The number of aliphatic hydroxyl groups is 1. The SMILES string of the molecule is CC(C)CC(NC(=O)C(Cc1c[nH]c2ccccc12)NC(=O)C(N)CCC(=O)O)C(=O)NC(C(=O)O)C(C)O. The minimum Gasteiger partial charge on any atom is -0.481 e. The molecule has 1 aromatic carbocycles. The van der Waals surface area contributed by atoms with Crippen LogP contribution in [0.3, 0.4) is 0 Å². The summed E-state index contributed by atoms with van der Waals surface area (Å²) in [4.78, 5) is 64.6. The first-order valence-corrected chi connectivity index (χ1v) is 12.6. The molecule has 0 saturated carbocycles. The van der Waals surface area contributed by atoms with Gasteiger partial charge >= 0.3 is 11.9 Å². The first-order chi connectivity index (χ1) is 18.3. The summed E-state index contributed by atoms with van der Waals surface area (Å²) in [6, 6.07) is 2.21. The van der Waals surface area contributed by atoms with Crippen molar-refractivity contribution in [3.05, 3.63) is 36.0 Å². The number of fused-ring (bicyclic) bond motifs is 1. The summed E-state index contributed by atoms with van der Waals surface area (Å²) >= 11 is 0. The van der Waals surface area contributed by atoms with Crippen molar-refractivity contribution in [3.63, 3.8) is 0 Å². The Balaban J connectivity index is 2.30. The second kappa shape index (κ2) is 14.3. The number of nitrogens with one attached hydrogen (secondary N) is 4. The van der Waals surface area contributed by atoms with Gasteiger partial charge in [-0.25, -0.2) is 4.79 Å². The van der Waals surface area contributed by atoms with Crippen molar-refractivity contribution < 1.29 is 39.3 Å². The highest BCUT2D eigenvalue weighted by Crippen LogP contribution is 2.19. The number of carboxylic acids is 2. The first-order valence-electron chi connectivity index (χ1n) is 12.6. The molecule has 0 aliphatic rings. The van der Waals surface area contributed by atoms with Crippen LogP contribution in [-0.2, 0) is 30.4 Å². The number of aliphatic carboxylic acids is 2. The van der Waals surface area contributed by atoms with Crippen LogP contribution in [-0.4, -0.2) is 80.2 Å². The fourth-order valence-electron chi connectivity index (χ4n) is 4.04. The Kier molecular flexibility index (Phi) is 11.4. The Bertz CT molecular complexity index is 1180. The number of hydrogen-bond donors (Lipinski definition) is 8. The summed E-state index contributed by atoms with van der Waals surface area (Å²) in [5, 5.41) is 36.2. The number of benzene rings is 1. The van der Waals surface area contributed by atoms with E-state index >= 15 is 0 Å². The third kappa shape index (κ3) is 9.37. The molecule has 13 heteroatoms. The number of rotatable bonds is 15. The molecular formula is C26H37N5O8. The molecule has 0 saturated heterocycles. The Morgan fingerprint density at radius 1 is 0.923 bits per heavy atom. The molecule has 2 rings (SSSR count). The van der Waals surface area contributed by atoms with E-state index in [2.05, 4.69) is 20.9 Å². The van der Waals surface area contributed by atoms with Crippen molar-refractivity contribution in [1.29, 1.82) is 0 Å². The number of nitrogens with two attached hydrogens (primary N) is 1. The van der Waals surface area contributed by atoms with Crippen LogP contribution in [0, 0.1) is 5.92 Å². The zero-order valence-electron chi connectivity index (χ0n) is 22.1. The number of H-pyrrole nitrogens is 1. The first kappa shape index (κ1) is 31.2. The van der Waals surface area contributed by atoms with E-state index in [1.165, 1.54) is 6.92 Å². The van der Waals surface area contributed by atoms with E-state index in [0.29, 0.717) is 5.56 Å². The molecule has 0 aliphatic carbocycles. The lowest BCUT2D eigenvalue weighted by Gasteiger charge is -2.26. The fourth-order valence-corrected chi connectivity index (χ4v) is 4.04. The number of carboxylic acid groups (broad SMARTS) is 2. The van der Waals surface area contributed by atoms with Gasteiger partial charge in [0.2, 0.25) is 17.7 Å². The van der Waals surface area contributed by atoms with Crippen LogP contribution >= 0.6 is 0 Å². The molecule has 2 aromatic rings. The molecule has 9 N–H and O–H groups in total. The molecule has 0 bridgehead atoms. The minimum absolute atomic E-state index is 0.0225. The molecule has 13 nitrogen and oxygen atoms in total. The third-order valence-electron chi connectivity index (χ3n) is 6.12. The van der Waals surface area contributed by atoms with E-state index in [4.69, 9.17) is 10.8 Å². The standard InChI is InChI=1S/C26H37N5O8/c1-13(2)10-19(25(37)31-22(14(3)32)26(38)39)30-24(36)20(29-23(35)17(27)8-9-21(33)34)11-15-12-28-18-7-5-4-6-16(15)18/h4-7,12-14,17,19-20,22,28,32H,8-11,27H2,1-3H3,(H,29,35)(H,30,36)(H,31,37)(H,33,34)(H,38,39). The van der Waals surface area contributed by atoms with Crippen molar-refractivity contribution in [2.45, 2.75) is 76.7 Å². The van der Waals surface area contributed by atoms with Crippen molar-refractivity contribution in [1.82, 2.24) is 20.9 Å². The lowest BCUT2D eigenvalue weighted by Crippen LogP contribution is -2.58. The maximum Gasteiger partial charge on any atom is 0.328 e. The number of amides is 3. The third-order valence-corrected chi connectivity index (χ3v) is 6.12. The van der Waals surface area contributed by atoms with Gasteiger partial charge in [0, 0.05) is 29.9 Å². The molecule has 214 valence electrons. The Morgan fingerprint density at radius 3 is 2.13 bits per heavy atom. The molecule has 39 heavy (non-hydrogen) atoms. The average molecular weight is 548 g/mol. The second-order valence-electron chi connectivity index (χ2n) is 9.92. The van der Waals surface area contributed by atoms with Crippen LogP contribution in [0.1, 0.15) is 45.6 Å². The lowest BCUT2D eigenvalue weighted by atomic mass is 10.00. The highest BCUT2D eigenvalue weighted by atomic mass is 16.4. The molecule has 0 fully saturated rings. The molecule has 0 spiro atoms. The summed E-state index contributed by atoms with van der Waals surface area (Å²) < 4.78 is 0. The van der Waals surface area contributed by atoms with Crippen LogP contribution in [0.25, 0.3) is 10.9 Å². The van der Waals surface area contributed by atoms with Crippen molar-refractivity contribution in [2.24, 2.45) is 11.7 Å². The van der Waals surface area contributed by atoms with E-state index in [1.807, 2.05) is 38.1 Å². The maximum absolute atomic E-state index is 13.5. The second-order valence-corrected chi connectivity index (χ2v) is 9.92. The zero-order valence-corrected chi connectivity index (χ0v) is 22.1. The summed E-state index contributed by atoms with van der Waals surface area (Å²) in [7, 11) is 0. The summed E-state index contributed by atoms with van der Waals surface area (Å²) in [5.41, 5.74) is 7.36. The smallest absolute Gasteiger partial charge is 0.328 e. The molecular weight excluding hydrogens is 510 g/mol. The minimum atomic E-state index is -1.59. The van der Waals surface area contributed by atoms with E-state index in [-0.39, 0.29) is 31.6 Å². The number of aromatic amines is 1. The zero-order chi connectivity index (χ0) is 29.3. The number of aromatic nitrogens is 1. The summed E-state index contributed by atoms with van der Waals surface area (Å²) in [6.45, 7) is 4.83. The van der Waals surface area contributed by atoms with Crippen LogP contribution in [0.5, 0.6) is 0 Å². The van der Waals surface area contributed by atoms with E-state index in [9.17, 15) is 34.2 Å². The van der Waals surface area contributed by atoms with Crippen LogP contribution < -0.4 is 21.7 Å². The number of para-hydroxylation sites is 1. The van der Waals surface area contributed by atoms with E-state index in [1.54, 1.807) is 6.20 Å². The molecule has 0 aliphatic heterocycles. The quantitative estimate of drug-likeness (QED) is 0.148. The van der Waals surface area contributed by atoms with Crippen molar-refractivity contribution >= 4 is 40.6 Å². The highest BCUT2D eigenvalue weighted by molar-refractivity contribution is 5.95. The molecule has 5 unspecified atom stereocenters. The molecule has 3 amide bonds. The Labute approximate surface area is 225 Å². The summed E-state index contributed by atoms with van der Waals surface area (Å²) in [6.07, 6.45) is 0.00242. The van der Waals surface area contributed by atoms with Crippen molar-refractivity contribution in [2.75, 3.05) is 0 Å². The van der Waals surface area contributed by atoms with Gasteiger partial charge in [0.1, 0.15) is 12.1 Å². The maximum atomic E-state index is 13.5. The molecule has 1 aromatic heterocycles. The molecule has 5 atom stereocenters. The van der Waals surface area contributed by atoms with Gasteiger partial charge in [-0.05, 0) is 37.3 Å². The van der Waals surface area contributed by atoms with Gasteiger partial charge < -0.3 is 42.0 Å². The van der Waals surface area contributed by atoms with Gasteiger partial charge in [-0.2, -0.15) is 0 Å². The van der Waals surface area contributed by atoms with E-state index in [0.717, 1.165) is 10.9 Å². The Morgan fingerprint density at radius 2 is 1.54 bits per heavy atom. The number of hydrogen-bond acceptors (Lipinski definition) is 7. The predicted molar refractivity (Wildman–Crippen MR) is 141 cm³/mol. The normalized spacial score (nSPS) is 15.1. The van der Waals surface area contributed by atoms with Gasteiger partial charge in [0.25, 0.3) is 0 Å². The molecule has 0 radical (unpaired) electrons. The van der Waals surface area contributed by atoms with Gasteiger partial charge in [0.05, 0.1) is 12.1 Å². The predicted octanol–water partition coefficient (Wildman–Crippen LogP) is -0.132. The highest BCUT2D eigenvalue weighted by Gasteiger charge is 2.32.